The van der Waals surface area contributed by atoms with Crippen molar-refractivity contribution >= 4 is 40.0 Å². The molecule has 11 heteroatoms. The molecule has 5 atom stereocenters. The summed E-state index contributed by atoms with van der Waals surface area (Å²) in [5, 5.41) is 6.73. The van der Waals surface area contributed by atoms with Crippen LogP contribution in [-0.4, -0.2) is 71.6 Å². The molecule has 2 amide bonds. The molecule has 2 aromatic heterocycles. The van der Waals surface area contributed by atoms with E-state index in [1.54, 1.807) is 30.3 Å². The molecule has 0 radical (unpaired) electrons. The topological polar surface area (TPSA) is 120 Å². The number of fused-ring (bicyclic) bond motifs is 3. The Labute approximate surface area is 286 Å². The number of nitrogens with zero attached hydrogens (tertiary/aromatic N) is 3. The lowest BCUT2D eigenvalue weighted by atomic mass is 9.93. The third-order valence-corrected chi connectivity index (χ3v) is 10.9. The molecule has 3 heterocycles. The third-order valence-electron chi connectivity index (χ3n) is 10.0. The molecule has 1 N–H and O–H groups in total. The average molecular weight is 675 g/mol. The van der Waals surface area contributed by atoms with Gasteiger partial charge < -0.3 is 24.4 Å². The molecule has 2 fully saturated rings. The maximum atomic E-state index is 14.1. The molecule has 2 aliphatic carbocycles. The van der Waals surface area contributed by atoms with Gasteiger partial charge in [0.05, 0.1) is 36.8 Å². The number of pyridine rings is 1. The Morgan fingerprint density at radius 2 is 1.94 bits per heavy atom. The third kappa shape index (κ3) is 6.53. The number of carbonyl (C=O) groups excluding carboxylic acids is 3. The van der Waals surface area contributed by atoms with Gasteiger partial charge in [-0.25, -0.2) is 14.8 Å². The summed E-state index contributed by atoms with van der Waals surface area (Å²) in [6.45, 7) is 8.80. The van der Waals surface area contributed by atoms with Gasteiger partial charge in [-0.3, -0.25) is 9.59 Å². The van der Waals surface area contributed by atoms with Crippen molar-refractivity contribution in [1.82, 2.24) is 20.2 Å². The molecule has 48 heavy (non-hydrogen) atoms. The molecule has 3 aromatic rings. The van der Waals surface area contributed by atoms with E-state index in [9.17, 15) is 14.4 Å². The number of benzene rings is 1. The molecule has 0 unspecified atom stereocenters. The number of aromatic nitrogens is 2. The van der Waals surface area contributed by atoms with Crippen molar-refractivity contribution in [2.45, 2.75) is 83.8 Å². The van der Waals surface area contributed by atoms with E-state index in [1.165, 1.54) is 0 Å². The second-order valence-electron chi connectivity index (χ2n) is 13.6. The Morgan fingerprint density at radius 1 is 1.15 bits per heavy atom. The van der Waals surface area contributed by atoms with Crippen LogP contribution in [0.5, 0.6) is 11.5 Å². The maximum Gasteiger partial charge on any atom is 0.332 e. The van der Waals surface area contributed by atoms with Crippen LogP contribution in [0, 0.1) is 24.7 Å². The number of methoxy groups -OCH3 is 1. The van der Waals surface area contributed by atoms with E-state index in [0.717, 1.165) is 52.2 Å². The van der Waals surface area contributed by atoms with E-state index in [1.807, 2.05) is 38.2 Å². The van der Waals surface area contributed by atoms with Gasteiger partial charge >= 0.3 is 5.97 Å². The predicted molar refractivity (Wildman–Crippen MR) is 185 cm³/mol. The summed E-state index contributed by atoms with van der Waals surface area (Å²) in [4.78, 5) is 52.8. The highest BCUT2D eigenvalue weighted by Gasteiger charge is 2.62. The molecular weight excluding hydrogens is 628 g/mol. The van der Waals surface area contributed by atoms with Crippen molar-refractivity contribution in [2.75, 3.05) is 27.3 Å². The first-order valence-corrected chi connectivity index (χ1v) is 18.0. The first-order valence-electron chi connectivity index (χ1n) is 17.1. The van der Waals surface area contributed by atoms with Crippen molar-refractivity contribution < 1.29 is 28.6 Å². The van der Waals surface area contributed by atoms with Crippen LogP contribution in [0.15, 0.2) is 35.7 Å². The molecule has 3 aliphatic rings. The van der Waals surface area contributed by atoms with Gasteiger partial charge in [0.2, 0.25) is 11.8 Å². The highest BCUT2D eigenvalue weighted by molar-refractivity contribution is 7.13. The van der Waals surface area contributed by atoms with E-state index in [-0.39, 0.29) is 30.3 Å². The van der Waals surface area contributed by atoms with Crippen LogP contribution in [0.4, 0.5) is 0 Å². The van der Waals surface area contributed by atoms with E-state index in [4.69, 9.17) is 24.2 Å². The number of ether oxygens (including phenoxy) is 3. The highest BCUT2D eigenvalue weighted by atomic mass is 32.1. The number of nitrogens with one attached hydrogen (secondary N) is 1. The van der Waals surface area contributed by atoms with Gasteiger partial charge in [-0.2, -0.15) is 0 Å². The lowest BCUT2D eigenvalue weighted by molar-refractivity contribution is -0.150. The SMILES string of the molecule is CCOC(=O)[C@@]12C[C@H]1/C=C\CCCCN(C)C(=O)[C@@H]1C[C@H](Oc3cc(-c4nc(C(C)C)cs4)nc4c(C)c(OC)ccc34)C[C@H]1C(=O)N2. The smallest absolute Gasteiger partial charge is 0.332 e. The quantitative estimate of drug-likeness (QED) is 0.232. The second kappa shape index (κ2) is 13.9. The van der Waals surface area contributed by atoms with Crippen LogP contribution in [0.25, 0.3) is 21.6 Å². The number of hydrogen-bond acceptors (Lipinski definition) is 9. The molecule has 0 bridgehead atoms. The standard InChI is InChI=1S/C37H46N4O6S/c1-7-46-36(44)37-19-23(37)12-10-8-9-11-15-41(5)35(43)27-17-24(16-26(27)33(42)40-37)47-31-18-28(34-39-29(20-48-34)21(2)3)38-32-22(4)30(45-6)14-13-25(31)32/h10,12-14,18,20-21,23-24,26-27H,7-9,11,15-17,19H2,1-6H3,(H,40,42)/b12-10-/t23-,24-,26-,27-,37-/m1/s1. The molecular formula is C37H46N4O6S. The summed E-state index contributed by atoms with van der Waals surface area (Å²) in [6.07, 6.45) is 7.52. The number of aryl methyl sites for hydroxylation is 1. The normalized spacial score (nSPS) is 26.8. The number of esters is 1. The lowest BCUT2D eigenvalue weighted by Crippen LogP contribution is -2.50. The summed E-state index contributed by atoms with van der Waals surface area (Å²) < 4.78 is 17.8. The number of thiazole rings is 1. The minimum absolute atomic E-state index is 0.0729. The first kappa shape index (κ1) is 33.9. The number of hydrogen-bond donors (Lipinski definition) is 1. The van der Waals surface area contributed by atoms with E-state index in [2.05, 4.69) is 30.6 Å². The van der Waals surface area contributed by atoms with Gasteiger partial charge in [0, 0.05) is 41.9 Å². The summed E-state index contributed by atoms with van der Waals surface area (Å²) in [6, 6.07) is 5.76. The predicted octanol–water partition coefficient (Wildman–Crippen LogP) is 6.21. The van der Waals surface area contributed by atoms with Crippen LogP contribution < -0.4 is 14.8 Å². The summed E-state index contributed by atoms with van der Waals surface area (Å²) in [5.41, 5.74) is 2.23. The van der Waals surface area contributed by atoms with Crippen molar-refractivity contribution in [3.05, 3.63) is 47.0 Å². The fourth-order valence-electron chi connectivity index (χ4n) is 7.09. The Hall–Kier alpha value is -3.99. The summed E-state index contributed by atoms with van der Waals surface area (Å²) in [5.74, 6) is -0.551. The minimum atomic E-state index is -1.10. The lowest BCUT2D eigenvalue weighted by Gasteiger charge is -2.26. The van der Waals surface area contributed by atoms with E-state index in [0.29, 0.717) is 37.3 Å². The molecule has 2 saturated carbocycles. The largest absolute Gasteiger partial charge is 0.496 e. The fraction of sp³-hybridized carbons (Fsp3) is 0.541. The average Bonchev–Trinajstić information content (AvgIpc) is 3.37. The molecule has 1 aromatic carbocycles. The van der Waals surface area contributed by atoms with Gasteiger partial charge in [0.15, 0.2) is 0 Å². The van der Waals surface area contributed by atoms with Crippen molar-refractivity contribution in [1.29, 1.82) is 0 Å². The number of amides is 2. The highest BCUT2D eigenvalue weighted by Crippen LogP contribution is 2.47. The molecule has 0 saturated heterocycles. The first-order chi connectivity index (χ1) is 23.1. The Bertz CT molecular complexity index is 1740. The van der Waals surface area contributed by atoms with Gasteiger partial charge in [0.25, 0.3) is 0 Å². The number of rotatable bonds is 7. The molecule has 0 spiro atoms. The molecule has 6 rings (SSSR count). The Kier molecular flexibility index (Phi) is 9.79. The maximum absolute atomic E-state index is 14.1. The van der Waals surface area contributed by atoms with Crippen LogP contribution in [-0.2, 0) is 19.1 Å². The van der Waals surface area contributed by atoms with Crippen molar-refractivity contribution in [3.8, 4) is 22.2 Å². The number of allylic oxidation sites excluding steroid dienone is 1. The van der Waals surface area contributed by atoms with Crippen LogP contribution in [0.3, 0.4) is 0 Å². The summed E-state index contributed by atoms with van der Waals surface area (Å²) >= 11 is 1.54. The minimum Gasteiger partial charge on any atom is -0.496 e. The summed E-state index contributed by atoms with van der Waals surface area (Å²) in [7, 11) is 3.45. The van der Waals surface area contributed by atoms with E-state index < -0.39 is 29.4 Å². The zero-order valence-electron chi connectivity index (χ0n) is 28.7. The zero-order chi connectivity index (χ0) is 34.2. The fourth-order valence-corrected chi connectivity index (χ4v) is 8.03. The van der Waals surface area contributed by atoms with Gasteiger partial charge in [-0.15, -0.1) is 11.3 Å². The van der Waals surface area contributed by atoms with Crippen LogP contribution >= 0.6 is 11.3 Å². The Balaban J connectivity index is 1.34. The Morgan fingerprint density at radius 3 is 2.67 bits per heavy atom. The van der Waals surface area contributed by atoms with Crippen molar-refractivity contribution in [2.24, 2.45) is 17.8 Å². The van der Waals surface area contributed by atoms with Crippen molar-refractivity contribution in [3.63, 3.8) is 0 Å². The number of carbonyl (C=O) groups is 3. The van der Waals surface area contributed by atoms with Crippen LogP contribution in [0.2, 0.25) is 0 Å². The van der Waals surface area contributed by atoms with E-state index >= 15 is 0 Å². The monoisotopic (exact) mass is 674 g/mol. The zero-order valence-corrected chi connectivity index (χ0v) is 29.5. The molecule has 10 nitrogen and oxygen atoms in total. The van der Waals surface area contributed by atoms with Gasteiger partial charge in [-0.1, -0.05) is 26.0 Å². The molecule has 256 valence electrons. The van der Waals surface area contributed by atoms with Crippen LogP contribution in [0.1, 0.15) is 76.5 Å². The van der Waals surface area contributed by atoms with Gasteiger partial charge in [-0.05, 0) is 70.4 Å². The second-order valence-corrected chi connectivity index (χ2v) is 14.5. The molecule has 1 aliphatic heterocycles. The van der Waals surface area contributed by atoms with Gasteiger partial charge in [0.1, 0.15) is 33.8 Å².